The Morgan fingerprint density at radius 2 is 1.94 bits per heavy atom. The summed E-state index contributed by atoms with van der Waals surface area (Å²) >= 11 is 6.34. The van der Waals surface area contributed by atoms with E-state index >= 15 is 0 Å². The molecule has 2 aromatic carbocycles. The van der Waals surface area contributed by atoms with Crippen molar-refractivity contribution in [3.05, 3.63) is 76.9 Å². The Morgan fingerprint density at radius 1 is 1.13 bits per heavy atom. The second-order valence-electron chi connectivity index (χ2n) is 7.34. The Labute approximate surface area is 182 Å². The van der Waals surface area contributed by atoms with E-state index in [0.29, 0.717) is 24.5 Å². The lowest BCUT2D eigenvalue weighted by Gasteiger charge is -2.23. The summed E-state index contributed by atoms with van der Waals surface area (Å²) < 4.78 is 43.9. The van der Waals surface area contributed by atoms with Crippen LogP contribution in [0.5, 0.6) is 5.88 Å². The van der Waals surface area contributed by atoms with Gasteiger partial charge in [0.1, 0.15) is 6.10 Å². The SMILES string of the molecule is OCc1ccc(-c2ccccc2Cl)cc1N1CCC(Oc2ccc(C(F)(F)F)cn2)C1. The zero-order valence-corrected chi connectivity index (χ0v) is 17.2. The van der Waals surface area contributed by atoms with E-state index in [9.17, 15) is 18.3 Å². The second-order valence-corrected chi connectivity index (χ2v) is 7.75. The third-order valence-corrected chi connectivity index (χ3v) is 5.61. The number of rotatable bonds is 5. The highest BCUT2D eigenvalue weighted by atomic mass is 35.5. The number of hydrogen-bond acceptors (Lipinski definition) is 4. The fraction of sp³-hybridized carbons (Fsp3) is 0.261. The molecular formula is C23H20ClF3N2O2. The van der Waals surface area contributed by atoms with Gasteiger partial charge in [-0.15, -0.1) is 0 Å². The van der Waals surface area contributed by atoms with E-state index in [1.165, 1.54) is 6.07 Å². The Kier molecular flexibility index (Phi) is 6.07. The predicted octanol–water partition coefficient (Wildman–Crippen LogP) is 5.57. The molecule has 1 fully saturated rings. The third kappa shape index (κ3) is 4.78. The Bertz CT molecular complexity index is 1060. The van der Waals surface area contributed by atoms with Gasteiger partial charge in [0.15, 0.2) is 0 Å². The summed E-state index contributed by atoms with van der Waals surface area (Å²) in [7, 11) is 0. The monoisotopic (exact) mass is 448 g/mol. The van der Waals surface area contributed by atoms with E-state index in [1.54, 1.807) is 0 Å². The first-order valence-electron chi connectivity index (χ1n) is 9.78. The molecular weight excluding hydrogens is 429 g/mol. The Hall–Kier alpha value is -2.77. The molecule has 8 heteroatoms. The molecule has 0 bridgehead atoms. The largest absolute Gasteiger partial charge is 0.472 e. The molecule has 1 unspecified atom stereocenters. The molecule has 0 saturated carbocycles. The summed E-state index contributed by atoms with van der Waals surface area (Å²) in [6, 6.07) is 15.5. The van der Waals surface area contributed by atoms with E-state index in [-0.39, 0.29) is 18.6 Å². The molecule has 0 radical (unpaired) electrons. The lowest BCUT2D eigenvalue weighted by Crippen LogP contribution is -2.25. The van der Waals surface area contributed by atoms with Crippen LogP contribution in [-0.2, 0) is 12.8 Å². The number of pyridine rings is 1. The van der Waals surface area contributed by atoms with E-state index in [4.69, 9.17) is 16.3 Å². The number of aliphatic hydroxyl groups is 1. The number of benzene rings is 2. The van der Waals surface area contributed by atoms with Gasteiger partial charge in [-0.1, -0.05) is 41.9 Å². The van der Waals surface area contributed by atoms with Gasteiger partial charge in [0.25, 0.3) is 0 Å². The molecule has 1 N–H and O–H groups in total. The Balaban J connectivity index is 1.51. The van der Waals surface area contributed by atoms with Crippen LogP contribution in [0.25, 0.3) is 11.1 Å². The molecule has 0 aliphatic carbocycles. The second kappa shape index (κ2) is 8.77. The maximum Gasteiger partial charge on any atom is 0.417 e. The van der Waals surface area contributed by atoms with Gasteiger partial charge in [0.2, 0.25) is 5.88 Å². The lowest BCUT2D eigenvalue weighted by molar-refractivity contribution is -0.137. The van der Waals surface area contributed by atoms with Crippen molar-refractivity contribution in [2.75, 3.05) is 18.0 Å². The zero-order valence-electron chi connectivity index (χ0n) is 16.4. The smallest absolute Gasteiger partial charge is 0.417 e. The number of ether oxygens (including phenoxy) is 1. The maximum absolute atomic E-state index is 12.7. The van der Waals surface area contributed by atoms with Crippen molar-refractivity contribution < 1.29 is 23.0 Å². The van der Waals surface area contributed by atoms with Gasteiger partial charge in [-0.25, -0.2) is 4.98 Å². The Morgan fingerprint density at radius 3 is 2.61 bits per heavy atom. The standard InChI is InChI=1S/C23H20ClF3N2O2/c24-20-4-2-1-3-19(20)15-5-6-16(14-30)21(11-15)29-10-9-18(13-29)31-22-8-7-17(12-28-22)23(25,26)27/h1-8,11-12,18,30H,9-10,13-14H2. The third-order valence-electron chi connectivity index (χ3n) is 5.28. The summed E-state index contributed by atoms with van der Waals surface area (Å²) in [6.07, 6.45) is -3.19. The van der Waals surface area contributed by atoms with Crippen LogP contribution in [0.1, 0.15) is 17.5 Å². The quantitative estimate of drug-likeness (QED) is 0.554. The number of alkyl halides is 3. The predicted molar refractivity (Wildman–Crippen MR) is 113 cm³/mol. The first kappa shape index (κ1) is 21.5. The number of nitrogens with zero attached hydrogens (tertiary/aromatic N) is 2. The summed E-state index contributed by atoms with van der Waals surface area (Å²) in [6.45, 7) is 1.10. The van der Waals surface area contributed by atoms with Crippen LogP contribution in [0.3, 0.4) is 0 Å². The summed E-state index contributed by atoms with van der Waals surface area (Å²) in [5.41, 5.74) is 2.69. The van der Waals surface area contributed by atoms with Crippen LogP contribution in [0.15, 0.2) is 60.8 Å². The number of halogens is 4. The van der Waals surface area contributed by atoms with Crippen molar-refractivity contribution in [2.24, 2.45) is 0 Å². The molecule has 4 rings (SSSR count). The van der Waals surface area contributed by atoms with Crippen molar-refractivity contribution in [3.8, 4) is 17.0 Å². The molecule has 1 aliphatic heterocycles. The van der Waals surface area contributed by atoms with Crippen LogP contribution >= 0.6 is 11.6 Å². The summed E-state index contributed by atoms with van der Waals surface area (Å²) in [5, 5.41) is 10.4. The topological polar surface area (TPSA) is 45.6 Å². The van der Waals surface area contributed by atoms with Crippen molar-refractivity contribution >= 4 is 17.3 Å². The molecule has 0 amide bonds. The number of aliphatic hydroxyl groups excluding tert-OH is 1. The molecule has 0 spiro atoms. The summed E-state index contributed by atoms with van der Waals surface area (Å²) in [4.78, 5) is 5.89. The van der Waals surface area contributed by atoms with Crippen LogP contribution in [0, 0.1) is 0 Å². The van der Waals surface area contributed by atoms with E-state index < -0.39 is 11.7 Å². The minimum Gasteiger partial charge on any atom is -0.472 e. The molecule has 31 heavy (non-hydrogen) atoms. The van der Waals surface area contributed by atoms with E-state index in [0.717, 1.165) is 34.6 Å². The van der Waals surface area contributed by atoms with Gasteiger partial charge < -0.3 is 14.7 Å². The lowest BCUT2D eigenvalue weighted by atomic mass is 10.0. The van der Waals surface area contributed by atoms with Crippen LogP contribution < -0.4 is 9.64 Å². The minimum atomic E-state index is -4.43. The summed E-state index contributed by atoms with van der Waals surface area (Å²) in [5.74, 6) is 0.159. The van der Waals surface area contributed by atoms with Crippen molar-refractivity contribution in [1.82, 2.24) is 4.98 Å². The van der Waals surface area contributed by atoms with Crippen molar-refractivity contribution in [2.45, 2.75) is 25.3 Å². The number of anilines is 1. The van der Waals surface area contributed by atoms with Crippen LogP contribution in [-0.4, -0.2) is 29.3 Å². The molecule has 1 atom stereocenters. The number of hydrogen-bond donors (Lipinski definition) is 1. The van der Waals surface area contributed by atoms with Gasteiger partial charge in [0.05, 0.1) is 18.7 Å². The maximum atomic E-state index is 12.7. The molecule has 162 valence electrons. The highest BCUT2D eigenvalue weighted by Crippen LogP contribution is 2.34. The highest BCUT2D eigenvalue weighted by Gasteiger charge is 2.31. The van der Waals surface area contributed by atoms with Gasteiger partial charge in [-0.05, 0) is 23.8 Å². The first-order valence-corrected chi connectivity index (χ1v) is 10.2. The van der Waals surface area contributed by atoms with Gasteiger partial charge >= 0.3 is 6.18 Å². The van der Waals surface area contributed by atoms with Gasteiger partial charge in [-0.2, -0.15) is 13.2 Å². The fourth-order valence-electron chi connectivity index (χ4n) is 3.69. The zero-order chi connectivity index (χ0) is 22.0. The molecule has 1 saturated heterocycles. The average molecular weight is 449 g/mol. The minimum absolute atomic E-state index is 0.110. The van der Waals surface area contributed by atoms with Crippen LogP contribution in [0.2, 0.25) is 5.02 Å². The van der Waals surface area contributed by atoms with E-state index in [1.807, 2.05) is 42.5 Å². The molecule has 4 nitrogen and oxygen atoms in total. The molecule has 1 aliphatic rings. The first-order chi connectivity index (χ1) is 14.8. The molecule has 3 aromatic rings. The fourth-order valence-corrected chi connectivity index (χ4v) is 3.93. The highest BCUT2D eigenvalue weighted by molar-refractivity contribution is 6.33. The normalized spacial score (nSPS) is 16.5. The van der Waals surface area contributed by atoms with Crippen molar-refractivity contribution in [3.63, 3.8) is 0 Å². The van der Waals surface area contributed by atoms with E-state index in [2.05, 4.69) is 9.88 Å². The van der Waals surface area contributed by atoms with Crippen molar-refractivity contribution in [1.29, 1.82) is 0 Å². The van der Waals surface area contributed by atoms with Gasteiger partial charge in [0, 0.05) is 47.1 Å². The molecule has 1 aromatic heterocycles. The van der Waals surface area contributed by atoms with Gasteiger partial charge in [-0.3, -0.25) is 0 Å². The average Bonchev–Trinajstić information content (AvgIpc) is 3.22. The molecule has 2 heterocycles. The number of aromatic nitrogens is 1. The van der Waals surface area contributed by atoms with Crippen LogP contribution in [0.4, 0.5) is 18.9 Å².